The van der Waals surface area contributed by atoms with Gasteiger partial charge in [0.05, 0.1) is 13.2 Å². The Morgan fingerprint density at radius 2 is 1.70 bits per heavy atom. The van der Waals surface area contributed by atoms with E-state index in [1.165, 1.54) is 31.2 Å². The Labute approximate surface area is 127 Å². The van der Waals surface area contributed by atoms with E-state index in [-0.39, 0.29) is 5.38 Å². The maximum absolute atomic E-state index is 6.58. The zero-order valence-electron chi connectivity index (χ0n) is 12.5. The highest BCUT2D eigenvalue weighted by Gasteiger charge is 2.24. The molecule has 0 spiro atoms. The first-order valence-electron chi connectivity index (χ1n) is 7.79. The highest BCUT2D eigenvalue weighted by molar-refractivity contribution is 6.21. The summed E-state index contributed by atoms with van der Waals surface area (Å²) in [6, 6.07) is 6.30. The van der Waals surface area contributed by atoms with Gasteiger partial charge in [-0.15, -0.1) is 11.6 Å². The topological polar surface area (TPSA) is 18.5 Å². The third-order valence-electron chi connectivity index (χ3n) is 3.93. The van der Waals surface area contributed by atoms with Crippen LogP contribution < -0.4 is 9.47 Å². The smallest absolute Gasteiger partial charge is 0.161 e. The van der Waals surface area contributed by atoms with Gasteiger partial charge in [0, 0.05) is 11.3 Å². The predicted octanol–water partition coefficient (Wildman–Crippen LogP) is 5.14. The molecule has 0 amide bonds. The molecule has 0 saturated heterocycles. The van der Waals surface area contributed by atoms with Crippen molar-refractivity contribution in [3.05, 3.63) is 23.8 Å². The molecule has 2 rings (SSSR count). The first-order valence-corrected chi connectivity index (χ1v) is 8.23. The molecule has 1 aliphatic rings. The summed E-state index contributed by atoms with van der Waals surface area (Å²) in [5.41, 5.74) is 1.29. The number of alkyl halides is 1. The van der Waals surface area contributed by atoms with Gasteiger partial charge in [-0.1, -0.05) is 25.3 Å². The third-order valence-corrected chi connectivity index (χ3v) is 4.45. The number of ether oxygens (including phenoxy) is 2. The van der Waals surface area contributed by atoms with Crippen LogP contribution >= 0.6 is 11.6 Å². The summed E-state index contributed by atoms with van der Waals surface area (Å²) in [6.45, 7) is 5.29. The second-order valence-corrected chi connectivity index (χ2v) is 5.89. The average molecular weight is 297 g/mol. The average Bonchev–Trinajstić information content (AvgIpc) is 2.66. The van der Waals surface area contributed by atoms with Crippen LogP contribution in [0.4, 0.5) is 0 Å². The number of hydrogen-bond donors (Lipinski definition) is 0. The fraction of sp³-hybridized carbons (Fsp3) is 0.647. The minimum absolute atomic E-state index is 0.241. The van der Waals surface area contributed by atoms with Crippen molar-refractivity contribution in [3.63, 3.8) is 0 Å². The van der Waals surface area contributed by atoms with Crippen molar-refractivity contribution >= 4 is 11.6 Å². The molecular weight excluding hydrogens is 272 g/mol. The second kappa shape index (κ2) is 7.78. The van der Waals surface area contributed by atoms with Gasteiger partial charge in [0.1, 0.15) is 0 Å². The van der Waals surface area contributed by atoms with Gasteiger partial charge in [-0.2, -0.15) is 0 Å². The summed E-state index contributed by atoms with van der Waals surface area (Å²) in [7, 11) is 0. The first kappa shape index (κ1) is 15.5. The molecule has 1 fully saturated rings. The van der Waals surface area contributed by atoms with Gasteiger partial charge in [0.25, 0.3) is 0 Å². The highest BCUT2D eigenvalue weighted by Crippen LogP contribution is 2.39. The zero-order valence-corrected chi connectivity index (χ0v) is 13.3. The molecule has 3 heteroatoms. The van der Waals surface area contributed by atoms with Gasteiger partial charge in [-0.05, 0) is 44.4 Å². The summed E-state index contributed by atoms with van der Waals surface area (Å²) in [4.78, 5) is 0. The summed E-state index contributed by atoms with van der Waals surface area (Å²) in [5, 5.41) is 0.241. The Morgan fingerprint density at radius 3 is 2.45 bits per heavy atom. The van der Waals surface area contributed by atoms with E-state index in [1.807, 2.05) is 19.9 Å². The summed E-state index contributed by atoms with van der Waals surface area (Å²) < 4.78 is 11.3. The van der Waals surface area contributed by atoms with Gasteiger partial charge in [0.2, 0.25) is 0 Å². The van der Waals surface area contributed by atoms with E-state index in [9.17, 15) is 0 Å². The van der Waals surface area contributed by atoms with E-state index >= 15 is 0 Å². The van der Waals surface area contributed by atoms with Crippen LogP contribution in [-0.2, 0) is 0 Å². The number of rotatable bonds is 5. The van der Waals surface area contributed by atoms with Crippen molar-refractivity contribution in [1.82, 2.24) is 0 Å². The van der Waals surface area contributed by atoms with Crippen molar-refractivity contribution in [2.75, 3.05) is 13.2 Å². The molecule has 0 N–H and O–H groups in total. The fourth-order valence-corrected chi connectivity index (χ4v) is 3.36. The van der Waals surface area contributed by atoms with Crippen LogP contribution in [-0.4, -0.2) is 18.6 Å². The van der Waals surface area contributed by atoms with Crippen LogP contribution in [0, 0.1) is 0 Å². The van der Waals surface area contributed by atoms with Gasteiger partial charge >= 0.3 is 0 Å². The molecule has 0 heterocycles. The minimum atomic E-state index is 0.241. The normalized spacial score (nSPS) is 23.1. The minimum Gasteiger partial charge on any atom is -0.490 e. The standard InChI is InChI=1S/C17H25ClO2/c1-3-19-16-11-10-13(12-17(16)20-4-2)14-8-6-5-7-9-15(14)18/h10-12,14-15H,3-9H2,1-2H3. The third kappa shape index (κ3) is 3.82. The predicted molar refractivity (Wildman–Crippen MR) is 84.2 cm³/mol. The van der Waals surface area contributed by atoms with Crippen molar-refractivity contribution in [2.24, 2.45) is 0 Å². The lowest BCUT2D eigenvalue weighted by atomic mass is 9.91. The molecule has 1 aromatic carbocycles. The van der Waals surface area contributed by atoms with Gasteiger partial charge in [0.15, 0.2) is 11.5 Å². The van der Waals surface area contributed by atoms with Gasteiger partial charge < -0.3 is 9.47 Å². The largest absolute Gasteiger partial charge is 0.490 e. The molecule has 0 radical (unpaired) electrons. The van der Waals surface area contributed by atoms with Crippen LogP contribution in [0.15, 0.2) is 18.2 Å². The maximum atomic E-state index is 6.58. The van der Waals surface area contributed by atoms with E-state index in [1.54, 1.807) is 0 Å². The second-order valence-electron chi connectivity index (χ2n) is 5.33. The molecule has 20 heavy (non-hydrogen) atoms. The molecule has 1 aliphatic carbocycles. The molecule has 1 aromatic rings. The molecule has 0 bridgehead atoms. The monoisotopic (exact) mass is 296 g/mol. The van der Waals surface area contributed by atoms with Crippen molar-refractivity contribution in [1.29, 1.82) is 0 Å². The lowest BCUT2D eigenvalue weighted by Gasteiger charge is -2.21. The Kier molecular flexibility index (Phi) is 6.03. The molecule has 112 valence electrons. The number of hydrogen-bond acceptors (Lipinski definition) is 2. The Bertz CT molecular complexity index is 419. The van der Waals surface area contributed by atoms with Crippen molar-refractivity contribution < 1.29 is 9.47 Å². The molecule has 2 atom stereocenters. The molecule has 0 aliphatic heterocycles. The quantitative estimate of drug-likeness (QED) is 0.553. The van der Waals surface area contributed by atoms with E-state index in [4.69, 9.17) is 21.1 Å². The van der Waals surface area contributed by atoms with Crippen LogP contribution in [0.1, 0.15) is 57.4 Å². The molecule has 2 unspecified atom stereocenters. The van der Waals surface area contributed by atoms with E-state index < -0.39 is 0 Å². The lowest BCUT2D eigenvalue weighted by Crippen LogP contribution is -2.11. The Balaban J connectivity index is 2.24. The zero-order chi connectivity index (χ0) is 14.4. The van der Waals surface area contributed by atoms with Crippen LogP contribution in [0.2, 0.25) is 0 Å². The molecule has 1 saturated carbocycles. The lowest BCUT2D eigenvalue weighted by molar-refractivity contribution is 0.287. The maximum Gasteiger partial charge on any atom is 0.161 e. The molecule has 0 aromatic heterocycles. The number of halogens is 1. The fourth-order valence-electron chi connectivity index (χ4n) is 2.94. The molecule has 2 nitrogen and oxygen atoms in total. The van der Waals surface area contributed by atoms with Gasteiger partial charge in [-0.3, -0.25) is 0 Å². The van der Waals surface area contributed by atoms with Crippen LogP contribution in [0.5, 0.6) is 11.5 Å². The van der Waals surface area contributed by atoms with Gasteiger partial charge in [-0.25, -0.2) is 0 Å². The Hall–Kier alpha value is -0.890. The summed E-state index contributed by atoms with van der Waals surface area (Å²) in [6.07, 6.45) is 6.11. The first-order chi connectivity index (χ1) is 9.76. The van der Waals surface area contributed by atoms with Crippen LogP contribution in [0.25, 0.3) is 0 Å². The molecular formula is C17H25ClO2. The highest BCUT2D eigenvalue weighted by atomic mass is 35.5. The summed E-state index contributed by atoms with van der Waals surface area (Å²) >= 11 is 6.58. The van der Waals surface area contributed by atoms with E-state index in [0.717, 1.165) is 17.9 Å². The summed E-state index contributed by atoms with van der Waals surface area (Å²) in [5.74, 6) is 2.12. The SMILES string of the molecule is CCOc1ccc(C2CCCCCC2Cl)cc1OCC. The van der Waals surface area contributed by atoms with E-state index in [0.29, 0.717) is 19.1 Å². The van der Waals surface area contributed by atoms with Crippen molar-refractivity contribution in [3.8, 4) is 11.5 Å². The van der Waals surface area contributed by atoms with E-state index in [2.05, 4.69) is 12.1 Å². The Morgan fingerprint density at radius 1 is 1.00 bits per heavy atom. The number of benzene rings is 1. The van der Waals surface area contributed by atoms with Crippen LogP contribution in [0.3, 0.4) is 0 Å². The van der Waals surface area contributed by atoms with Crippen molar-refractivity contribution in [2.45, 2.75) is 57.2 Å².